The normalized spacial score (nSPS) is 11.2. The molecule has 0 aliphatic carbocycles. The van der Waals surface area contributed by atoms with E-state index in [0.717, 1.165) is 32.7 Å². The lowest BCUT2D eigenvalue weighted by atomic mass is 10.2. The van der Waals surface area contributed by atoms with Gasteiger partial charge in [0.25, 0.3) is 0 Å². The smallest absolute Gasteiger partial charge is 0.223 e. The van der Waals surface area contributed by atoms with Crippen molar-refractivity contribution in [3.63, 3.8) is 0 Å². The molecule has 0 N–H and O–H groups in total. The maximum Gasteiger partial charge on any atom is 0.223 e. The van der Waals surface area contributed by atoms with E-state index in [1.807, 2.05) is 4.90 Å². The summed E-state index contributed by atoms with van der Waals surface area (Å²) in [6.45, 7) is 13.2. The van der Waals surface area contributed by atoms with Crippen LogP contribution in [0.4, 0.5) is 0 Å². The Hall–Kier alpha value is -0.280. The summed E-state index contributed by atoms with van der Waals surface area (Å²) in [5.74, 6) is 1.10. The summed E-state index contributed by atoms with van der Waals surface area (Å²) < 4.78 is 0. The predicted molar refractivity (Wildman–Crippen MR) is 74.5 cm³/mol. The van der Waals surface area contributed by atoms with Gasteiger partial charge in [-0.25, -0.2) is 0 Å². The number of nitrogens with zero attached hydrogens (tertiary/aromatic N) is 2. The number of carbonyl (C=O) groups excluding carboxylic acids is 1. The Balaban J connectivity index is 4.22. The van der Waals surface area contributed by atoms with Gasteiger partial charge in [-0.05, 0) is 19.0 Å². The zero-order chi connectivity index (χ0) is 13.3. The van der Waals surface area contributed by atoms with Gasteiger partial charge in [0.05, 0.1) is 0 Å². The highest BCUT2D eigenvalue weighted by atomic mass is 35.5. The standard InChI is InChI=1S/C13H27ClN2O/c1-5-15(6-2)9-10-16(11-12(3)4)13(17)7-8-14/h12H,5-11H2,1-4H3. The Labute approximate surface area is 111 Å². The van der Waals surface area contributed by atoms with Crippen LogP contribution in [0.1, 0.15) is 34.1 Å². The summed E-state index contributed by atoms with van der Waals surface area (Å²) in [7, 11) is 0. The van der Waals surface area contributed by atoms with E-state index < -0.39 is 0 Å². The van der Waals surface area contributed by atoms with Crippen LogP contribution in [0.3, 0.4) is 0 Å². The fourth-order valence-corrected chi connectivity index (χ4v) is 1.96. The van der Waals surface area contributed by atoms with E-state index >= 15 is 0 Å². The number of hydrogen-bond acceptors (Lipinski definition) is 2. The molecule has 0 bridgehead atoms. The van der Waals surface area contributed by atoms with Gasteiger partial charge in [0.1, 0.15) is 0 Å². The summed E-state index contributed by atoms with van der Waals surface area (Å²) in [5, 5.41) is 0. The third kappa shape index (κ3) is 7.61. The molecule has 17 heavy (non-hydrogen) atoms. The number of rotatable bonds is 9. The van der Waals surface area contributed by atoms with Crippen molar-refractivity contribution in [2.45, 2.75) is 34.1 Å². The van der Waals surface area contributed by atoms with Crippen molar-refractivity contribution >= 4 is 17.5 Å². The summed E-state index contributed by atoms with van der Waals surface area (Å²) in [6.07, 6.45) is 0.451. The number of amides is 1. The molecule has 0 radical (unpaired) electrons. The van der Waals surface area contributed by atoms with Crippen molar-refractivity contribution in [1.82, 2.24) is 9.80 Å². The van der Waals surface area contributed by atoms with Crippen LogP contribution in [-0.4, -0.2) is 54.3 Å². The van der Waals surface area contributed by atoms with Crippen LogP contribution < -0.4 is 0 Å². The SMILES string of the molecule is CCN(CC)CCN(CC(C)C)C(=O)CCCl. The van der Waals surface area contributed by atoms with Crippen LogP contribution in [0.15, 0.2) is 0 Å². The zero-order valence-corrected chi connectivity index (χ0v) is 12.5. The molecule has 0 rings (SSSR count). The van der Waals surface area contributed by atoms with Crippen LogP contribution in [0, 0.1) is 5.92 Å². The number of alkyl halides is 1. The predicted octanol–water partition coefficient (Wildman–Crippen LogP) is 2.44. The first-order valence-corrected chi connectivity index (χ1v) is 7.14. The third-order valence-corrected chi connectivity index (χ3v) is 3.02. The minimum Gasteiger partial charge on any atom is -0.341 e. The van der Waals surface area contributed by atoms with Crippen LogP contribution in [0.5, 0.6) is 0 Å². The van der Waals surface area contributed by atoms with Gasteiger partial charge in [-0.15, -0.1) is 11.6 Å². The highest BCUT2D eigenvalue weighted by Crippen LogP contribution is 2.03. The monoisotopic (exact) mass is 262 g/mol. The largest absolute Gasteiger partial charge is 0.341 e. The van der Waals surface area contributed by atoms with E-state index in [9.17, 15) is 4.79 Å². The van der Waals surface area contributed by atoms with E-state index in [-0.39, 0.29) is 5.91 Å². The molecule has 0 spiro atoms. The molecule has 0 aromatic rings. The Morgan fingerprint density at radius 2 is 1.76 bits per heavy atom. The van der Waals surface area contributed by atoms with E-state index in [2.05, 4.69) is 32.6 Å². The Bertz CT molecular complexity index is 206. The van der Waals surface area contributed by atoms with E-state index in [1.165, 1.54) is 0 Å². The summed E-state index contributed by atoms with van der Waals surface area (Å²) in [6, 6.07) is 0. The highest BCUT2D eigenvalue weighted by Gasteiger charge is 2.14. The summed E-state index contributed by atoms with van der Waals surface area (Å²) in [5.41, 5.74) is 0. The summed E-state index contributed by atoms with van der Waals surface area (Å²) >= 11 is 5.64. The molecule has 0 unspecified atom stereocenters. The molecule has 0 saturated heterocycles. The van der Waals surface area contributed by atoms with Crippen molar-refractivity contribution in [3.05, 3.63) is 0 Å². The molecular formula is C13H27ClN2O. The molecule has 0 aliphatic heterocycles. The molecule has 1 amide bonds. The van der Waals surface area contributed by atoms with Crippen molar-refractivity contribution in [3.8, 4) is 0 Å². The average molecular weight is 263 g/mol. The molecule has 4 heteroatoms. The molecule has 0 aromatic carbocycles. The molecule has 0 heterocycles. The van der Waals surface area contributed by atoms with Gasteiger partial charge in [-0.1, -0.05) is 27.7 Å². The molecule has 3 nitrogen and oxygen atoms in total. The maximum atomic E-state index is 11.9. The van der Waals surface area contributed by atoms with Gasteiger partial charge < -0.3 is 9.80 Å². The zero-order valence-electron chi connectivity index (χ0n) is 11.7. The van der Waals surface area contributed by atoms with Gasteiger partial charge >= 0.3 is 0 Å². The minimum absolute atomic E-state index is 0.181. The first kappa shape index (κ1) is 16.7. The topological polar surface area (TPSA) is 23.6 Å². The average Bonchev–Trinajstić information content (AvgIpc) is 2.28. The van der Waals surface area contributed by atoms with Crippen molar-refractivity contribution in [2.75, 3.05) is 38.6 Å². The Morgan fingerprint density at radius 3 is 2.18 bits per heavy atom. The third-order valence-electron chi connectivity index (χ3n) is 2.83. The Morgan fingerprint density at radius 1 is 1.18 bits per heavy atom. The number of hydrogen-bond donors (Lipinski definition) is 0. The van der Waals surface area contributed by atoms with Crippen LogP contribution in [-0.2, 0) is 4.79 Å². The first-order chi connectivity index (χ1) is 8.04. The van der Waals surface area contributed by atoms with E-state index in [4.69, 9.17) is 11.6 Å². The van der Waals surface area contributed by atoms with Gasteiger partial charge in [-0.3, -0.25) is 4.79 Å². The second-order valence-electron chi connectivity index (χ2n) is 4.70. The van der Waals surface area contributed by atoms with Crippen LogP contribution in [0.2, 0.25) is 0 Å². The van der Waals surface area contributed by atoms with Crippen molar-refractivity contribution in [1.29, 1.82) is 0 Å². The molecule has 0 fully saturated rings. The van der Waals surface area contributed by atoms with E-state index in [0.29, 0.717) is 18.2 Å². The lowest BCUT2D eigenvalue weighted by molar-refractivity contribution is -0.131. The van der Waals surface area contributed by atoms with Crippen molar-refractivity contribution in [2.24, 2.45) is 5.92 Å². The van der Waals surface area contributed by atoms with Gasteiger partial charge in [-0.2, -0.15) is 0 Å². The second kappa shape index (κ2) is 9.72. The van der Waals surface area contributed by atoms with E-state index in [1.54, 1.807) is 0 Å². The highest BCUT2D eigenvalue weighted by molar-refractivity contribution is 6.18. The maximum absolute atomic E-state index is 11.9. The molecule has 102 valence electrons. The fraction of sp³-hybridized carbons (Fsp3) is 0.923. The molecular weight excluding hydrogens is 236 g/mol. The van der Waals surface area contributed by atoms with Gasteiger partial charge in [0.15, 0.2) is 0 Å². The number of halogens is 1. The second-order valence-corrected chi connectivity index (χ2v) is 5.08. The van der Waals surface area contributed by atoms with Crippen LogP contribution >= 0.6 is 11.6 Å². The number of likely N-dealkylation sites (N-methyl/N-ethyl adjacent to an activating group) is 1. The first-order valence-electron chi connectivity index (χ1n) is 6.61. The molecule has 0 aliphatic rings. The van der Waals surface area contributed by atoms with Crippen molar-refractivity contribution < 1.29 is 4.79 Å². The lowest BCUT2D eigenvalue weighted by Gasteiger charge is -2.27. The van der Waals surface area contributed by atoms with Crippen LogP contribution in [0.25, 0.3) is 0 Å². The lowest BCUT2D eigenvalue weighted by Crippen LogP contribution is -2.40. The Kier molecular flexibility index (Phi) is 9.56. The quantitative estimate of drug-likeness (QED) is 0.596. The molecule has 0 saturated carbocycles. The summed E-state index contributed by atoms with van der Waals surface area (Å²) in [4.78, 5) is 16.2. The molecule has 0 aromatic heterocycles. The van der Waals surface area contributed by atoms with Gasteiger partial charge in [0.2, 0.25) is 5.91 Å². The number of carbonyl (C=O) groups is 1. The molecule has 0 atom stereocenters. The fourth-order valence-electron chi connectivity index (χ4n) is 1.80. The minimum atomic E-state index is 0.181. The van der Waals surface area contributed by atoms with Gasteiger partial charge in [0, 0.05) is 31.9 Å².